The van der Waals surface area contributed by atoms with Crippen molar-refractivity contribution in [1.82, 2.24) is 79.7 Å². The molecule has 0 radical (unpaired) electrons. The fraction of sp³-hybridized carbons (Fsp3) is 0.786. The number of unbranched alkanes of at least 4 members (excludes halogenated alkanes) is 64. The summed E-state index contributed by atoms with van der Waals surface area (Å²) in [6, 6.07) is 0. The van der Waals surface area contributed by atoms with Gasteiger partial charge in [-0.05, 0) is 103 Å². The van der Waals surface area contributed by atoms with Gasteiger partial charge in [-0.25, -0.2) is 69.8 Å². The minimum absolute atomic E-state index is 0.462. The van der Waals surface area contributed by atoms with E-state index >= 15 is 0 Å². The summed E-state index contributed by atoms with van der Waals surface area (Å²) in [6.45, 7) is 18.5. The van der Waals surface area contributed by atoms with Crippen molar-refractivity contribution in [2.24, 2.45) is 0 Å². The summed E-state index contributed by atoms with van der Waals surface area (Å²) in [7, 11) is 0. The molecule has 9 rings (SSSR count). The Morgan fingerprint density at radius 2 is 0.242 bits per heavy atom. The molecule has 0 aromatic carbocycles. The van der Waals surface area contributed by atoms with Crippen LogP contribution in [0.2, 0.25) is 0 Å². The molecule has 8 bridgehead atoms. The van der Waals surface area contributed by atoms with Crippen molar-refractivity contribution in [3.8, 4) is 46.1 Å². The Morgan fingerprint density at radius 3 is 0.375 bits per heavy atom. The van der Waals surface area contributed by atoms with Crippen LogP contribution in [0.3, 0.4) is 0 Å². The van der Waals surface area contributed by atoms with Crippen LogP contribution in [0, 0.1) is 0 Å². The average Bonchev–Trinajstić information content (AvgIpc) is 1.59. The van der Waals surface area contributed by atoms with Gasteiger partial charge >= 0.3 is 0 Å². The van der Waals surface area contributed by atoms with E-state index in [-0.39, 0.29) is 0 Å². The first-order valence-electron chi connectivity index (χ1n) is 55.7. The Morgan fingerprint density at radius 1 is 0.125 bits per heavy atom. The van der Waals surface area contributed by atoms with Gasteiger partial charge in [0, 0.05) is 0 Å². The van der Waals surface area contributed by atoms with Crippen LogP contribution in [0.15, 0.2) is 0 Å². The summed E-state index contributed by atoms with van der Waals surface area (Å²) >= 11 is 0. The highest BCUT2D eigenvalue weighted by atomic mass is 15.1. The lowest BCUT2D eigenvalue weighted by Crippen LogP contribution is -2.06. The summed E-state index contributed by atoms with van der Waals surface area (Å²) in [4.78, 5) is 88.9. The van der Waals surface area contributed by atoms with Crippen molar-refractivity contribution in [2.75, 3.05) is 0 Å². The number of fused-ring (bicyclic) bond motifs is 20. The predicted molar refractivity (Wildman–Crippen MR) is 546 cm³/mol. The first-order chi connectivity index (χ1) is 63.3. The zero-order valence-electron chi connectivity index (χ0n) is 83.8. The maximum absolute atomic E-state index is 5.86. The number of H-pyrrole nitrogens is 2. The molecule has 9 heterocycles. The first kappa shape index (κ1) is 105. The first-order valence-corrected chi connectivity index (χ1v) is 55.7. The van der Waals surface area contributed by atoms with Gasteiger partial charge in [0.05, 0.1) is 45.6 Å². The number of nitrogens with zero attached hydrogens (tertiary/aromatic N) is 14. The van der Waals surface area contributed by atoms with Crippen molar-refractivity contribution in [3.05, 3.63) is 45.6 Å². The van der Waals surface area contributed by atoms with Gasteiger partial charge in [-0.3, -0.25) is 0 Å². The Labute approximate surface area is 780 Å². The lowest BCUT2D eigenvalue weighted by atomic mass is 10.0. The summed E-state index contributed by atoms with van der Waals surface area (Å²) in [5, 5.41) is 0. The van der Waals surface area contributed by atoms with Crippen LogP contribution in [-0.2, 0) is 51.4 Å². The van der Waals surface area contributed by atoms with Gasteiger partial charge in [-0.2, -0.15) is 0 Å². The van der Waals surface area contributed by atoms with E-state index < -0.39 is 0 Å². The summed E-state index contributed by atoms with van der Waals surface area (Å²) in [5.74, 6) is 1.85. The molecule has 0 aliphatic carbocycles. The molecule has 0 unspecified atom stereocenters. The van der Waals surface area contributed by atoms with Crippen LogP contribution in [0.4, 0.5) is 0 Å². The molecule has 0 atom stereocenters. The SMILES string of the molecule is CCCCCCCCCCCc1nc2c(nc1CCCCCCCCCCC)-c1nc-2nc2[nH]c(nc3nc(nc4[nH]c(n1)c1nc(CCCCCCCCCCC)c(CCCCCCCCCCC)nc41)-c1nc(CCCCCCCCCCC)c(CCCCCCCCCCC)nc1-3)c1nc(CCCCCCCCCCC)c(CCCCCCCCCCC)nc21. The maximum Gasteiger partial charge on any atom is 0.184 e. The van der Waals surface area contributed by atoms with E-state index in [1.54, 1.807) is 0 Å². The van der Waals surface area contributed by atoms with Crippen LogP contribution in [-0.4, -0.2) is 79.7 Å². The molecule has 7 aromatic heterocycles. The Balaban J connectivity index is 1.28. The van der Waals surface area contributed by atoms with Gasteiger partial charge in [0.1, 0.15) is 44.8 Å². The lowest BCUT2D eigenvalue weighted by Gasteiger charge is -2.11. The van der Waals surface area contributed by atoms with Gasteiger partial charge in [0.25, 0.3) is 0 Å². The smallest absolute Gasteiger partial charge is 0.184 e. The third-order valence-electron chi connectivity index (χ3n) is 27.9. The molecule has 2 aliphatic rings. The molecule has 714 valence electrons. The minimum atomic E-state index is 0.462. The summed E-state index contributed by atoms with van der Waals surface area (Å²) in [5.41, 5.74) is 16.1. The molecule has 0 spiro atoms. The Bertz CT molecular complexity index is 3760. The highest BCUT2D eigenvalue weighted by Crippen LogP contribution is 2.38. The van der Waals surface area contributed by atoms with E-state index in [4.69, 9.17) is 69.8 Å². The van der Waals surface area contributed by atoms with Crippen LogP contribution >= 0.6 is 0 Å². The van der Waals surface area contributed by atoms with Crippen molar-refractivity contribution in [1.29, 1.82) is 0 Å². The van der Waals surface area contributed by atoms with Crippen molar-refractivity contribution < 1.29 is 0 Å². The number of hydrogen-bond acceptors (Lipinski definition) is 14. The van der Waals surface area contributed by atoms with E-state index in [9.17, 15) is 0 Å². The predicted octanol–water partition coefficient (Wildman–Crippen LogP) is 34.6. The fourth-order valence-electron chi connectivity index (χ4n) is 19.7. The normalized spacial score (nSPS) is 12.1. The van der Waals surface area contributed by atoms with Crippen molar-refractivity contribution in [2.45, 2.75) is 569 Å². The number of aromatic amines is 2. The van der Waals surface area contributed by atoms with Crippen LogP contribution < -0.4 is 0 Å². The molecule has 2 N–H and O–H groups in total. The molecular formula is C112H186N16. The lowest BCUT2D eigenvalue weighted by molar-refractivity contribution is 0.558. The minimum Gasteiger partial charge on any atom is -0.321 e. The van der Waals surface area contributed by atoms with Crippen molar-refractivity contribution in [3.63, 3.8) is 0 Å². The van der Waals surface area contributed by atoms with Gasteiger partial charge in [-0.1, -0.05) is 466 Å². The quantitative estimate of drug-likeness (QED) is 0.0340. The van der Waals surface area contributed by atoms with Gasteiger partial charge in [0.15, 0.2) is 45.9 Å². The second kappa shape index (κ2) is 66.1. The van der Waals surface area contributed by atoms with E-state index in [0.29, 0.717) is 90.7 Å². The highest BCUT2D eigenvalue weighted by Gasteiger charge is 2.31. The monoisotopic (exact) mass is 1760 g/mol. The molecule has 0 saturated heterocycles. The van der Waals surface area contributed by atoms with E-state index in [2.05, 4.69) is 65.4 Å². The molecule has 16 heteroatoms. The number of aromatic nitrogens is 16. The molecule has 0 saturated carbocycles. The van der Waals surface area contributed by atoms with Gasteiger partial charge in [0.2, 0.25) is 0 Å². The topological polar surface area (TPSA) is 212 Å². The summed E-state index contributed by atoms with van der Waals surface area (Å²) < 4.78 is 0. The van der Waals surface area contributed by atoms with Gasteiger partial charge < -0.3 is 9.97 Å². The largest absolute Gasteiger partial charge is 0.321 e. The standard InChI is InChI=1S/C112H186N16/c1-9-17-25-33-41-49-57-65-73-81-89-90(82-74-66-58-50-42-34-26-18-10-2)114-98-97(113-89)105-121-106(98)126-108-101-102(118-94(86-78-70-62-54-46-38-30-22-14-6)93(117-101)85-77-69-61-53-45-37-29-21-13-5)110(123-108)128-112-104-103(119-95(87-79-71-63-55-47-39-31-23-15-7)96(120-104)88-80-72-64-56-48-40-32-24-16-8)111(124-112)127-109-100-99(107(122-109)125-105)115-91(83-75-67-59-51-43-35-27-19-11-3)92(116-100)84-76-68-60-52-44-36-28-20-12-4/h9-88H2,1-8H3,(H2,121,122,123,124,125,126,127,128). The second-order valence-corrected chi connectivity index (χ2v) is 39.5. The summed E-state index contributed by atoms with van der Waals surface area (Å²) in [6.07, 6.45) is 97.6. The zero-order valence-corrected chi connectivity index (χ0v) is 83.8. The highest BCUT2D eigenvalue weighted by molar-refractivity contribution is 6.01. The number of rotatable bonds is 80. The van der Waals surface area contributed by atoms with Crippen LogP contribution in [0.5, 0.6) is 0 Å². The molecule has 128 heavy (non-hydrogen) atoms. The van der Waals surface area contributed by atoms with Crippen LogP contribution in [0.25, 0.3) is 90.7 Å². The maximum atomic E-state index is 5.86. The zero-order chi connectivity index (χ0) is 89.7. The van der Waals surface area contributed by atoms with Crippen molar-refractivity contribution >= 4 is 44.7 Å². The van der Waals surface area contributed by atoms with E-state index in [0.717, 1.165) is 148 Å². The molecule has 0 fully saturated rings. The molecule has 2 aliphatic heterocycles. The Kier molecular flexibility index (Phi) is 54.4. The average molecular weight is 1760 g/mol. The van der Waals surface area contributed by atoms with Crippen LogP contribution in [0.1, 0.15) is 563 Å². The number of hydrogen-bond donors (Lipinski definition) is 2. The third-order valence-corrected chi connectivity index (χ3v) is 27.9. The number of aryl methyl sites for hydroxylation is 8. The van der Waals surface area contributed by atoms with Gasteiger partial charge in [-0.15, -0.1) is 0 Å². The molecular weight excluding hydrogens is 1570 g/mol. The van der Waals surface area contributed by atoms with E-state index in [1.807, 2.05) is 0 Å². The molecule has 0 amide bonds. The fourth-order valence-corrected chi connectivity index (χ4v) is 19.7. The third kappa shape index (κ3) is 38.3. The molecule has 7 aromatic rings. The Hall–Kier alpha value is -6.32. The molecule has 16 nitrogen and oxygen atoms in total. The second-order valence-electron chi connectivity index (χ2n) is 39.5. The van der Waals surface area contributed by atoms with E-state index in [1.165, 1.54) is 411 Å². The number of nitrogens with one attached hydrogen (secondary N) is 2.